The molecular formula is C14H21IN4O2. The van der Waals surface area contributed by atoms with Gasteiger partial charge < -0.3 is 21.5 Å². The number of carbonyl (C=O) groups excluding carboxylic acids is 1. The van der Waals surface area contributed by atoms with Crippen molar-refractivity contribution in [2.45, 2.75) is 13.5 Å². The fourth-order valence-electron chi connectivity index (χ4n) is 1.36. The Labute approximate surface area is 141 Å². The summed E-state index contributed by atoms with van der Waals surface area (Å²) < 4.78 is 5.21. The maximum Gasteiger partial charge on any atom is 0.255 e. The fourth-order valence-corrected chi connectivity index (χ4v) is 1.36. The lowest BCUT2D eigenvalue weighted by Crippen LogP contribution is -2.32. The van der Waals surface area contributed by atoms with Crippen LogP contribution in [0.5, 0.6) is 5.75 Å². The molecule has 1 amide bonds. The van der Waals surface area contributed by atoms with Gasteiger partial charge in [0.15, 0.2) is 12.6 Å². The van der Waals surface area contributed by atoms with Crippen LogP contribution in [-0.4, -0.2) is 25.0 Å². The third-order valence-corrected chi connectivity index (χ3v) is 2.28. The van der Waals surface area contributed by atoms with Gasteiger partial charge in [0.2, 0.25) is 0 Å². The molecule has 0 fully saturated rings. The van der Waals surface area contributed by atoms with Gasteiger partial charge >= 0.3 is 0 Å². The molecule has 1 aromatic rings. The molecular weight excluding hydrogens is 383 g/mol. The summed E-state index contributed by atoms with van der Waals surface area (Å²) in [6, 6.07) is 7.25. The molecule has 0 aliphatic heterocycles. The topological polar surface area (TPSA) is 103 Å². The van der Waals surface area contributed by atoms with E-state index in [-0.39, 0.29) is 30.6 Å². The Hall–Kier alpha value is -1.77. The van der Waals surface area contributed by atoms with Crippen LogP contribution in [0.4, 0.5) is 0 Å². The Balaban J connectivity index is 0.00000400. The number of halogens is 1. The number of benzene rings is 1. The van der Waals surface area contributed by atoms with Gasteiger partial charge in [-0.15, -0.1) is 24.0 Å². The van der Waals surface area contributed by atoms with Gasteiger partial charge in [0.25, 0.3) is 5.91 Å². The van der Waals surface area contributed by atoms with Crippen molar-refractivity contribution in [3.63, 3.8) is 0 Å². The average molecular weight is 404 g/mol. The number of hydrogen-bond donors (Lipinski definition) is 3. The predicted octanol–water partition coefficient (Wildman–Crippen LogP) is 1.15. The molecule has 0 saturated heterocycles. The van der Waals surface area contributed by atoms with Crippen molar-refractivity contribution in [1.29, 1.82) is 0 Å². The Kier molecular flexibility index (Phi) is 9.18. The molecule has 0 unspecified atom stereocenters. The molecule has 116 valence electrons. The van der Waals surface area contributed by atoms with Gasteiger partial charge in [-0.2, -0.15) is 0 Å². The number of aliphatic imine (C=N–C) groups is 1. The summed E-state index contributed by atoms with van der Waals surface area (Å²) in [5.41, 5.74) is 12.6. The summed E-state index contributed by atoms with van der Waals surface area (Å²) in [6.07, 6.45) is 0. The number of nitrogens with zero attached hydrogens (tertiary/aromatic N) is 1. The van der Waals surface area contributed by atoms with Crippen LogP contribution in [-0.2, 0) is 11.3 Å². The van der Waals surface area contributed by atoms with Crippen molar-refractivity contribution < 1.29 is 9.53 Å². The van der Waals surface area contributed by atoms with Crippen molar-refractivity contribution >= 4 is 35.8 Å². The van der Waals surface area contributed by atoms with E-state index in [0.717, 1.165) is 11.1 Å². The molecule has 1 rings (SSSR count). The van der Waals surface area contributed by atoms with Crippen LogP contribution in [0.1, 0.15) is 12.5 Å². The van der Waals surface area contributed by atoms with Crippen LogP contribution in [0.15, 0.2) is 41.4 Å². The van der Waals surface area contributed by atoms with Crippen molar-refractivity contribution in [2.24, 2.45) is 16.5 Å². The summed E-state index contributed by atoms with van der Waals surface area (Å²) in [6.45, 7) is 6.54. The minimum atomic E-state index is -0.512. The molecule has 0 aromatic heterocycles. The van der Waals surface area contributed by atoms with E-state index in [1.54, 1.807) is 12.1 Å². The molecule has 0 radical (unpaired) electrons. The molecule has 0 spiro atoms. The normalized spacial score (nSPS) is 10.4. The molecule has 0 saturated carbocycles. The monoisotopic (exact) mass is 404 g/mol. The Bertz CT molecular complexity index is 517. The third-order valence-electron chi connectivity index (χ3n) is 2.28. The van der Waals surface area contributed by atoms with E-state index < -0.39 is 5.91 Å². The first-order valence-corrected chi connectivity index (χ1v) is 6.15. The van der Waals surface area contributed by atoms with Crippen LogP contribution in [0.3, 0.4) is 0 Å². The number of carbonyl (C=O) groups is 1. The van der Waals surface area contributed by atoms with Crippen LogP contribution in [0, 0.1) is 0 Å². The van der Waals surface area contributed by atoms with Gasteiger partial charge in [0, 0.05) is 6.54 Å². The summed E-state index contributed by atoms with van der Waals surface area (Å²) in [5.74, 6) is 0.420. The summed E-state index contributed by atoms with van der Waals surface area (Å²) in [4.78, 5) is 14.8. The number of nitrogens with one attached hydrogen (secondary N) is 1. The molecule has 0 bridgehead atoms. The van der Waals surface area contributed by atoms with Crippen LogP contribution in [0.25, 0.3) is 0 Å². The molecule has 21 heavy (non-hydrogen) atoms. The maximum absolute atomic E-state index is 10.6. The lowest BCUT2D eigenvalue weighted by molar-refractivity contribution is -0.119. The van der Waals surface area contributed by atoms with Crippen LogP contribution < -0.4 is 21.5 Å². The van der Waals surface area contributed by atoms with Gasteiger partial charge in [0.1, 0.15) is 5.75 Å². The second-order valence-electron chi connectivity index (χ2n) is 4.41. The Morgan fingerprint density at radius 1 is 1.43 bits per heavy atom. The highest BCUT2D eigenvalue weighted by atomic mass is 127. The first-order chi connectivity index (χ1) is 9.47. The van der Waals surface area contributed by atoms with Crippen LogP contribution >= 0.6 is 24.0 Å². The second-order valence-corrected chi connectivity index (χ2v) is 4.41. The van der Waals surface area contributed by atoms with Gasteiger partial charge in [-0.25, -0.2) is 4.99 Å². The predicted molar refractivity (Wildman–Crippen MR) is 94.7 cm³/mol. The molecule has 0 heterocycles. The number of guanidine groups is 1. The highest BCUT2D eigenvalue weighted by Crippen LogP contribution is 2.13. The average Bonchev–Trinajstić information content (AvgIpc) is 2.41. The smallest absolute Gasteiger partial charge is 0.255 e. The van der Waals surface area contributed by atoms with Crippen molar-refractivity contribution in [3.8, 4) is 5.75 Å². The van der Waals surface area contributed by atoms with Gasteiger partial charge in [0.05, 0.1) is 6.54 Å². The SMILES string of the molecule is C=C(C)CNC(N)=NCc1cccc(OCC(N)=O)c1.I. The van der Waals surface area contributed by atoms with E-state index in [0.29, 0.717) is 24.8 Å². The zero-order valence-corrected chi connectivity index (χ0v) is 14.3. The van der Waals surface area contributed by atoms with Gasteiger partial charge in [-0.1, -0.05) is 24.3 Å². The number of primary amides is 1. The summed E-state index contributed by atoms with van der Waals surface area (Å²) in [5, 5.41) is 2.94. The van der Waals surface area contributed by atoms with E-state index in [2.05, 4.69) is 16.9 Å². The van der Waals surface area contributed by atoms with Crippen molar-refractivity contribution in [1.82, 2.24) is 5.32 Å². The molecule has 0 atom stereocenters. The van der Waals surface area contributed by atoms with E-state index in [1.807, 2.05) is 19.1 Å². The van der Waals surface area contributed by atoms with E-state index in [4.69, 9.17) is 16.2 Å². The standard InChI is InChI=1S/C14H20N4O2.HI/c1-10(2)7-17-14(16)18-8-11-4-3-5-12(6-11)20-9-13(15)19;/h3-6H,1,7-9H2,2H3,(H2,15,19)(H3,16,17,18);1H. The maximum atomic E-state index is 10.6. The largest absolute Gasteiger partial charge is 0.484 e. The number of hydrogen-bond acceptors (Lipinski definition) is 3. The highest BCUT2D eigenvalue weighted by molar-refractivity contribution is 14.0. The second kappa shape index (κ2) is 10.0. The zero-order chi connectivity index (χ0) is 15.0. The summed E-state index contributed by atoms with van der Waals surface area (Å²) >= 11 is 0. The first-order valence-electron chi connectivity index (χ1n) is 6.15. The quantitative estimate of drug-likeness (QED) is 0.275. The minimum absolute atomic E-state index is 0. The zero-order valence-electron chi connectivity index (χ0n) is 12.0. The number of amides is 1. The number of nitrogens with two attached hydrogens (primary N) is 2. The highest BCUT2D eigenvalue weighted by Gasteiger charge is 1.99. The lowest BCUT2D eigenvalue weighted by Gasteiger charge is -2.07. The Morgan fingerprint density at radius 2 is 2.14 bits per heavy atom. The summed E-state index contributed by atoms with van der Waals surface area (Å²) in [7, 11) is 0. The first kappa shape index (κ1) is 19.2. The minimum Gasteiger partial charge on any atom is -0.484 e. The van der Waals surface area contributed by atoms with Gasteiger partial charge in [-0.3, -0.25) is 4.79 Å². The molecule has 1 aromatic carbocycles. The van der Waals surface area contributed by atoms with E-state index in [9.17, 15) is 4.79 Å². The number of rotatable bonds is 7. The Morgan fingerprint density at radius 3 is 2.76 bits per heavy atom. The van der Waals surface area contributed by atoms with E-state index in [1.165, 1.54) is 0 Å². The lowest BCUT2D eigenvalue weighted by atomic mass is 10.2. The van der Waals surface area contributed by atoms with Crippen LogP contribution in [0.2, 0.25) is 0 Å². The van der Waals surface area contributed by atoms with Crippen molar-refractivity contribution in [3.05, 3.63) is 42.0 Å². The fraction of sp³-hybridized carbons (Fsp3) is 0.286. The van der Waals surface area contributed by atoms with Gasteiger partial charge in [-0.05, 0) is 24.6 Å². The van der Waals surface area contributed by atoms with E-state index >= 15 is 0 Å². The number of ether oxygens (including phenoxy) is 1. The third kappa shape index (κ3) is 8.90. The molecule has 6 nitrogen and oxygen atoms in total. The molecule has 0 aliphatic carbocycles. The molecule has 7 heteroatoms. The molecule has 0 aliphatic rings. The van der Waals surface area contributed by atoms with Crippen molar-refractivity contribution in [2.75, 3.05) is 13.2 Å². The molecule has 5 N–H and O–H groups in total.